The topological polar surface area (TPSA) is 75.4 Å². The highest BCUT2D eigenvalue weighted by atomic mass is 32.2. The lowest BCUT2D eigenvalue weighted by Gasteiger charge is -2.36. The van der Waals surface area contributed by atoms with Crippen molar-refractivity contribution in [3.8, 4) is 0 Å². The molecule has 0 radical (unpaired) electrons. The Hall–Kier alpha value is -0.750. The Morgan fingerprint density at radius 2 is 1.90 bits per heavy atom. The maximum atomic E-state index is 12.2. The number of nitrogens with zero attached hydrogens (tertiary/aromatic N) is 1. The molecule has 0 aliphatic carbocycles. The number of hydrogen-bond donors (Lipinski definition) is 2. The Labute approximate surface area is 132 Å². The van der Waals surface area contributed by atoms with E-state index in [4.69, 9.17) is 5.73 Å². The highest BCUT2D eigenvalue weighted by Crippen LogP contribution is 2.21. The van der Waals surface area contributed by atoms with Gasteiger partial charge in [0.2, 0.25) is 11.8 Å². The van der Waals surface area contributed by atoms with Gasteiger partial charge in [-0.1, -0.05) is 20.8 Å². The molecule has 0 aromatic heterocycles. The van der Waals surface area contributed by atoms with Crippen LogP contribution in [0.5, 0.6) is 0 Å². The first-order valence-electron chi connectivity index (χ1n) is 7.60. The third kappa shape index (κ3) is 5.87. The molecule has 1 atom stereocenters. The van der Waals surface area contributed by atoms with Crippen LogP contribution in [0.15, 0.2) is 0 Å². The largest absolute Gasteiger partial charge is 0.352 e. The fourth-order valence-electron chi connectivity index (χ4n) is 2.39. The van der Waals surface area contributed by atoms with Gasteiger partial charge in [-0.25, -0.2) is 0 Å². The molecule has 0 aromatic carbocycles. The van der Waals surface area contributed by atoms with E-state index in [0.717, 1.165) is 18.6 Å². The third-order valence-electron chi connectivity index (χ3n) is 3.74. The van der Waals surface area contributed by atoms with Crippen molar-refractivity contribution in [1.29, 1.82) is 0 Å². The number of thioether (sulfide) groups is 1. The highest BCUT2D eigenvalue weighted by molar-refractivity contribution is 7.98. The molecule has 1 saturated heterocycles. The summed E-state index contributed by atoms with van der Waals surface area (Å²) in [5, 5.41) is 3.01. The molecule has 2 amide bonds. The van der Waals surface area contributed by atoms with Gasteiger partial charge in [0.1, 0.15) is 0 Å². The van der Waals surface area contributed by atoms with Gasteiger partial charge < -0.3 is 16.0 Å². The molecule has 1 rings (SSSR count). The number of piperidine rings is 1. The van der Waals surface area contributed by atoms with Crippen LogP contribution in [0, 0.1) is 5.41 Å². The molecule has 0 spiro atoms. The SMILES string of the molecule is CSCC[C@H](N)C(=O)NC1CCN(C(=O)C(C)(C)C)CC1. The lowest BCUT2D eigenvalue weighted by atomic mass is 9.93. The Morgan fingerprint density at radius 1 is 1.33 bits per heavy atom. The predicted molar refractivity (Wildman–Crippen MR) is 88.2 cm³/mol. The van der Waals surface area contributed by atoms with E-state index in [1.807, 2.05) is 31.9 Å². The first-order valence-corrected chi connectivity index (χ1v) is 8.99. The van der Waals surface area contributed by atoms with Gasteiger partial charge in [0.05, 0.1) is 6.04 Å². The molecule has 0 bridgehead atoms. The van der Waals surface area contributed by atoms with Gasteiger partial charge in [-0.3, -0.25) is 9.59 Å². The average Bonchev–Trinajstić information content (AvgIpc) is 2.43. The number of rotatable bonds is 5. The van der Waals surface area contributed by atoms with Crippen LogP contribution >= 0.6 is 11.8 Å². The summed E-state index contributed by atoms with van der Waals surface area (Å²) in [6.07, 6.45) is 4.33. The Morgan fingerprint density at radius 3 is 2.38 bits per heavy atom. The molecule has 1 aliphatic heterocycles. The molecule has 122 valence electrons. The standard InChI is InChI=1S/C15H29N3O2S/c1-15(2,3)14(20)18-8-5-11(6-9-18)17-13(19)12(16)7-10-21-4/h11-12H,5-10,16H2,1-4H3,(H,17,19)/t12-/m0/s1. The van der Waals surface area contributed by atoms with Crippen LogP contribution in [0.4, 0.5) is 0 Å². The van der Waals surface area contributed by atoms with E-state index >= 15 is 0 Å². The minimum Gasteiger partial charge on any atom is -0.352 e. The van der Waals surface area contributed by atoms with Crippen molar-refractivity contribution in [2.45, 2.75) is 52.1 Å². The Kier molecular flexibility index (Phi) is 7.00. The number of carbonyl (C=O) groups excluding carboxylic acids is 2. The fraction of sp³-hybridized carbons (Fsp3) is 0.867. The van der Waals surface area contributed by atoms with E-state index < -0.39 is 6.04 Å². The molecule has 0 saturated carbocycles. The summed E-state index contributed by atoms with van der Waals surface area (Å²) in [7, 11) is 0. The second kappa shape index (κ2) is 8.03. The molecule has 0 unspecified atom stereocenters. The number of hydrogen-bond acceptors (Lipinski definition) is 4. The zero-order valence-corrected chi connectivity index (χ0v) is 14.5. The van der Waals surface area contributed by atoms with Gasteiger partial charge in [0.25, 0.3) is 0 Å². The molecule has 5 nitrogen and oxygen atoms in total. The summed E-state index contributed by atoms with van der Waals surface area (Å²) in [5.41, 5.74) is 5.53. The zero-order chi connectivity index (χ0) is 16.0. The van der Waals surface area contributed by atoms with E-state index in [1.54, 1.807) is 11.8 Å². The third-order valence-corrected chi connectivity index (χ3v) is 4.38. The molecule has 6 heteroatoms. The number of amides is 2. The van der Waals surface area contributed by atoms with Gasteiger partial charge >= 0.3 is 0 Å². The van der Waals surface area contributed by atoms with Gasteiger partial charge in [0, 0.05) is 24.5 Å². The number of carbonyl (C=O) groups is 2. The van der Waals surface area contributed by atoms with E-state index in [-0.39, 0.29) is 23.3 Å². The molecular formula is C15H29N3O2S. The summed E-state index contributed by atoms with van der Waals surface area (Å²) in [6, 6.07) is -0.284. The summed E-state index contributed by atoms with van der Waals surface area (Å²) in [4.78, 5) is 26.1. The van der Waals surface area contributed by atoms with Gasteiger partial charge in [-0.05, 0) is 31.3 Å². The number of nitrogens with two attached hydrogens (primary N) is 1. The van der Waals surface area contributed by atoms with Crippen molar-refractivity contribution in [2.24, 2.45) is 11.1 Å². The van der Waals surface area contributed by atoms with Crippen LogP contribution in [-0.4, -0.2) is 53.9 Å². The molecule has 1 aliphatic rings. The van der Waals surface area contributed by atoms with Crippen LogP contribution in [0.2, 0.25) is 0 Å². The maximum absolute atomic E-state index is 12.2. The van der Waals surface area contributed by atoms with E-state index in [9.17, 15) is 9.59 Å². The van der Waals surface area contributed by atoms with Crippen molar-refractivity contribution >= 4 is 23.6 Å². The van der Waals surface area contributed by atoms with Crippen LogP contribution in [0.1, 0.15) is 40.0 Å². The number of likely N-dealkylation sites (tertiary alicyclic amines) is 1. The quantitative estimate of drug-likeness (QED) is 0.800. The first kappa shape index (κ1) is 18.3. The number of nitrogens with one attached hydrogen (secondary N) is 1. The molecule has 1 heterocycles. The molecule has 3 N–H and O–H groups in total. The van der Waals surface area contributed by atoms with Crippen molar-refractivity contribution < 1.29 is 9.59 Å². The van der Waals surface area contributed by atoms with E-state index in [1.165, 1.54) is 0 Å². The molecule has 21 heavy (non-hydrogen) atoms. The Bertz CT molecular complexity index is 360. The van der Waals surface area contributed by atoms with Crippen LogP contribution in [0.3, 0.4) is 0 Å². The summed E-state index contributed by atoms with van der Waals surface area (Å²) < 4.78 is 0. The highest BCUT2D eigenvalue weighted by Gasteiger charge is 2.31. The van der Waals surface area contributed by atoms with E-state index in [2.05, 4.69) is 5.32 Å². The van der Waals surface area contributed by atoms with Crippen molar-refractivity contribution in [3.05, 3.63) is 0 Å². The first-order chi connectivity index (χ1) is 9.75. The normalized spacial score (nSPS) is 18.4. The van der Waals surface area contributed by atoms with Crippen molar-refractivity contribution in [3.63, 3.8) is 0 Å². The molecule has 0 aromatic rings. The molecule has 1 fully saturated rings. The van der Waals surface area contributed by atoms with Crippen LogP contribution in [0.25, 0.3) is 0 Å². The second-order valence-electron chi connectivity index (χ2n) is 6.71. The fourth-order valence-corrected chi connectivity index (χ4v) is 2.88. The minimum absolute atomic E-state index is 0.0651. The monoisotopic (exact) mass is 315 g/mol. The lowest BCUT2D eigenvalue weighted by Crippen LogP contribution is -2.52. The maximum Gasteiger partial charge on any atom is 0.237 e. The zero-order valence-electron chi connectivity index (χ0n) is 13.6. The summed E-state index contributed by atoms with van der Waals surface area (Å²) in [6.45, 7) is 7.23. The van der Waals surface area contributed by atoms with Crippen molar-refractivity contribution in [1.82, 2.24) is 10.2 Å². The molecular weight excluding hydrogens is 286 g/mol. The van der Waals surface area contributed by atoms with Gasteiger partial charge in [-0.15, -0.1) is 0 Å². The van der Waals surface area contributed by atoms with Gasteiger partial charge in [0.15, 0.2) is 0 Å². The average molecular weight is 315 g/mol. The Balaban J connectivity index is 2.36. The van der Waals surface area contributed by atoms with Gasteiger partial charge in [-0.2, -0.15) is 11.8 Å². The second-order valence-corrected chi connectivity index (χ2v) is 7.70. The smallest absolute Gasteiger partial charge is 0.237 e. The minimum atomic E-state index is -0.424. The van der Waals surface area contributed by atoms with E-state index in [0.29, 0.717) is 19.5 Å². The van der Waals surface area contributed by atoms with Crippen molar-refractivity contribution in [2.75, 3.05) is 25.1 Å². The predicted octanol–water partition coefficient (Wildman–Crippen LogP) is 1.22. The van der Waals surface area contributed by atoms with Crippen LogP contribution < -0.4 is 11.1 Å². The lowest BCUT2D eigenvalue weighted by molar-refractivity contribution is -0.140. The van der Waals surface area contributed by atoms with Crippen LogP contribution in [-0.2, 0) is 9.59 Å². The summed E-state index contributed by atoms with van der Waals surface area (Å²) >= 11 is 1.70. The summed E-state index contributed by atoms with van der Waals surface area (Å²) in [5.74, 6) is 1.02.